The molecule has 0 aromatic heterocycles. The zero-order chi connectivity index (χ0) is 23.5. The lowest BCUT2D eigenvalue weighted by Gasteiger charge is -2.51. The molecule has 1 aromatic rings. The van der Waals surface area contributed by atoms with Crippen LogP contribution in [0.15, 0.2) is 24.3 Å². The van der Waals surface area contributed by atoms with E-state index in [1.54, 1.807) is 0 Å². The highest BCUT2D eigenvalue weighted by atomic mass is 16.6. The Labute approximate surface area is 203 Å². The lowest BCUT2D eigenvalue weighted by Crippen LogP contribution is -2.58. The zero-order valence-corrected chi connectivity index (χ0v) is 20.8. The average Bonchev–Trinajstić information content (AvgIpc) is 3.54. The van der Waals surface area contributed by atoms with Gasteiger partial charge in [0.25, 0.3) is 0 Å². The van der Waals surface area contributed by atoms with Gasteiger partial charge in [-0.2, -0.15) is 0 Å². The molecule has 2 bridgehead atoms. The van der Waals surface area contributed by atoms with Crippen molar-refractivity contribution in [2.45, 2.75) is 95.3 Å². The molecule has 6 rings (SSSR count). The molecule has 1 spiro atoms. The fourth-order valence-corrected chi connectivity index (χ4v) is 7.50. The van der Waals surface area contributed by atoms with Crippen molar-refractivity contribution < 1.29 is 14.3 Å². The largest absolute Gasteiger partial charge is 0.450 e. The van der Waals surface area contributed by atoms with Crippen LogP contribution in [0.5, 0.6) is 0 Å². The van der Waals surface area contributed by atoms with E-state index in [1.165, 1.54) is 11.1 Å². The summed E-state index contributed by atoms with van der Waals surface area (Å²) in [4.78, 5) is 32.7. The van der Waals surface area contributed by atoms with Gasteiger partial charge < -0.3 is 19.4 Å². The van der Waals surface area contributed by atoms with Crippen molar-refractivity contribution >= 4 is 12.0 Å². The highest BCUT2D eigenvalue weighted by molar-refractivity contribution is 5.85. The number of carbonyl (C=O) groups excluding carboxylic acids is 2. The summed E-state index contributed by atoms with van der Waals surface area (Å²) in [6.07, 6.45) is 8.55. The Hall–Kier alpha value is -2.08. The first kappa shape index (κ1) is 22.4. The van der Waals surface area contributed by atoms with Crippen LogP contribution in [0.2, 0.25) is 0 Å². The number of fused-ring (bicyclic) bond motifs is 4. The second-order valence-electron chi connectivity index (χ2n) is 11.8. The van der Waals surface area contributed by atoms with Crippen LogP contribution in [0.3, 0.4) is 0 Å². The first-order valence-electron chi connectivity index (χ1n) is 13.5. The third kappa shape index (κ3) is 3.64. The summed E-state index contributed by atoms with van der Waals surface area (Å²) in [5, 5.41) is 0. The number of hydrogen-bond acceptors (Lipinski definition) is 4. The molecule has 3 saturated heterocycles. The van der Waals surface area contributed by atoms with Crippen LogP contribution < -0.4 is 0 Å². The Morgan fingerprint density at radius 3 is 2.32 bits per heavy atom. The smallest absolute Gasteiger partial charge is 0.410 e. The maximum absolute atomic E-state index is 13.3. The van der Waals surface area contributed by atoms with Crippen molar-refractivity contribution in [3.8, 4) is 0 Å². The molecule has 0 radical (unpaired) electrons. The second kappa shape index (κ2) is 8.25. The van der Waals surface area contributed by atoms with Crippen LogP contribution >= 0.6 is 0 Å². The van der Waals surface area contributed by atoms with Crippen molar-refractivity contribution in [2.75, 3.05) is 26.2 Å². The van der Waals surface area contributed by atoms with Crippen LogP contribution in [0.4, 0.5) is 4.79 Å². The van der Waals surface area contributed by atoms with Gasteiger partial charge in [0.2, 0.25) is 5.91 Å². The first-order chi connectivity index (χ1) is 16.4. The average molecular weight is 466 g/mol. The van der Waals surface area contributed by atoms with Gasteiger partial charge in [0.1, 0.15) is 0 Å². The molecule has 6 nitrogen and oxygen atoms in total. The monoisotopic (exact) mass is 465 g/mol. The molecule has 34 heavy (non-hydrogen) atoms. The lowest BCUT2D eigenvalue weighted by atomic mass is 9.68. The number of amides is 2. The van der Waals surface area contributed by atoms with Gasteiger partial charge in [0, 0.05) is 42.0 Å². The van der Waals surface area contributed by atoms with E-state index in [0.29, 0.717) is 30.6 Å². The molecule has 2 unspecified atom stereocenters. The molecule has 2 amide bonds. The molecule has 184 valence electrons. The molecule has 1 aromatic carbocycles. The summed E-state index contributed by atoms with van der Waals surface area (Å²) in [6.45, 7) is 8.28. The van der Waals surface area contributed by atoms with Gasteiger partial charge in [-0.05, 0) is 82.5 Å². The minimum atomic E-state index is -0.112. The summed E-state index contributed by atoms with van der Waals surface area (Å²) in [6, 6.07) is 10.1. The maximum Gasteiger partial charge on any atom is 0.410 e. The van der Waals surface area contributed by atoms with E-state index < -0.39 is 0 Å². The van der Waals surface area contributed by atoms with Crippen LogP contribution in [-0.2, 0) is 21.5 Å². The standard InChI is InChI=1S/C28H39N3O3/c1-3-34-26(33)31-21-8-9-22(31)17-23(16-21)29-14-12-28(13-15-29)19-30(25(32)27(2)10-11-27)18-20-6-4-5-7-24(20)28/h4-7,21-23H,3,8-19H2,1-2H3. The maximum atomic E-state index is 13.3. The fraction of sp³-hybridized carbons (Fsp3) is 0.714. The quantitative estimate of drug-likeness (QED) is 0.667. The predicted octanol–water partition coefficient (Wildman–Crippen LogP) is 4.31. The normalized spacial score (nSPS) is 31.3. The zero-order valence-electron chi connectivity index (χ0n) is 20.8. The van der Waals surface area contributed by atoms with E-state index in [1.807, 2.05) is 11.8 Å². The molecule has 1 saturated carbocycles. The highest BCUT2D eigenvalue weighted by Gasteiger charge is 2.52. The Kier molecular flexibility index (Phi) is 5.43. The number of rotatable bonds is 3. The SMILES string of the molecule is CCOC(=O)N1C2CCC1CC(N1CCC3(CC1)CN(C(=O)C1(C)CC1)Cc1ccccc13)C2. The summed E-state index contributed by atoms with van der Waals surface area (Å²) >= 11 is 0. The molecule has 4 fully saturated rings. The third-order valence-electron chi connectivity index (χ3n) is 9.71. The van der Waals surface area contributed by atoms with Crippen LogP contribution in [0.25, 0.3) is 0 Å². The molecule has 0 N–H and O–H groups in total. The van der Waals surface area contributed by atoms with E-state index in [2.05, 4.69) is 41.0 Å². The summed E-state index contributed by atoms with van der Waals surface area (Å²) in [5.74, 6) is 0.367. The number of benzene rings is 1. The highest BCUT2D eigenvalue weighted by Crippen LogP contribution is 2.50. The number of hydrogen-bond donors (Lipinski definition) is 0. The molecule has 4 heterocycles. The van der Waals surface area contributed by atoms with Crippen LogP contribution in [0.1, 0.15) is 76.3 Å². The summed E-state index contributed by atoms with van der Waals surface area (Å²) in [7, 11) is 0. The molecule has 1 aliphatic carbocycles. The minimum Gasteiger partial charge on any atom is -0.450 e. The lowest BCUT2D eigenvalue weighted by molar-refractivity contribution is -0.139. The van der Waals surface area contributed by atoms with Gasteiger partial charge in [0.05, 0.1) is 6.61 Å². The number of ether oxygens (including phenoxy) is 1. The fourth-order valence-electron chi connectivity index (χ4n) is 7.50. The Bertz CT molecular complexity index is 951. The molecule has 2 atom stereocenters. The second-order valence-corrected chi connectivity index (χ2v) is 11.8. The van der Waals surface area contributed by atoms with Crippen molar-refractivity contribution in [3.05, 3.63) is 35.4 Å². The van der Waals surface area contributed by atoms with Crippen LogP contribution in [-0.4, -0.2) is 71.1 Å². The van der Waals surface area contributed by atoms with E-state index in [4.69, 9.17) is 4.74 Å². The molecule has 4 aliphatic heterocycles. The van der Waals surface area contributed by atoms with E-state index in [9.17, 15) is 9.59 Å². The van der Waals surface area contributed by atoms with Crippen LogP contribution in [0, 0.1) is 5.41 Å². The van der Waals surface area contributed by atoms with Crippen molar-refractivity contribution in [1.29, 1.82) is 0 Å². The number of likely N-dealkylation sites (tertiary alicyclic amines) is 1. The van der Waals surface area contributed by atoms with Crippen molar-refractivity contribution in [1.82, 2.24) is 14.7 Å². The van der Waals surface area contributed by atoms with Gasteiger partial charge in [-0.3, -0.25) is 4.79 Å². The van der Waals surface area contributed by atoms with Crippen molar-refractivity contribution in [3.63, 3.8) is 0 Å². The summed E-state index contributed by atoms with van der Waals surface area (Å²) < 4.78 is 5.35. The van der Waals surface area contributed by atoms with E-state index >= 15 is 0 Å². The van der Waals surface area contributed by atoms with E-state index in [0.717, 1.165) is 77.5 Å². The van der Waals surface area contributed by atoms with Gasteiger partial charge in [-0.25, -0.2) is 4.79 Å². The molecular weight excluding hydrogens is 426 g/mol. The third-order valence-corrected chi connectivity index (χ3v) is 9.71. The number of carbonyl (C=O) groups is 2. The summed E-state index contributed by atoms with van der Waals surface area (Å²) in [5.41, 5.74) is 2.80. The molecule has 6 heteroatoms. The van der Waals surface area contributed by atoms with Gasteiger partial charge >= 0.3 is 6.09 Å². The van der Waals surface area contributed by atoms with Gasteiger partial charge in [-0.1, -0.05) is 31.2 Å². The number of piperidine rings is 2. The Morgan fingerprint density at radius 2 is 1.68 bits per heavy atom. The predicted molar refractivity (Wildman–Crippen MR) is 130 cm³/mol. The first-order valence-corrected chi connectivity index (χ1v) is 13.5. The van der Waals surface area contributed by atoms with Crippen molar-refractivity contribution in [2.24, 2.45) is 5.41 Å². The number of nitrogens with zero attached hydrogens (tertiary/aromatic N) is 3. The Balaban J connectivity index is 1.16. The topological polar surface area (TPSA) is 53.1 Å². The van der Waals surface area contributed by atoms with Gasteiger partial charge in [-0.15, -0.1) is 0 Å². The van der Waals surface area contributed by atoms with Gasteiger partial charge in [0.15, 0.2) is 0 Å². The van der Waals surface area contributed by atoms with E-state index in [-0.39, 0.29) is 16.9 Å². The molecular formula is C28H39N3O3. The minimum absolute atomic E-state index is 0.0802. The Morgan fingerprint density at radius 1 is 1.00 bits per heavy atom. The molecule has 5 aliphatic rings.